The molecule has 308 valence electrons. The first-order chi connectivity index (χ1) is 27.6. The van der Waals surface area contributed by atoms with Gasteiger partial charge in [-0.2, -0.15) is 0 Å². The fourth-order valence-corrected chi connectivity index (χ4v) is 11.3. The van der Waals surface area contributed by atoms with Crippen LogP contribution in [0.3, 0.4) is 0 Å². The molecule has 12 nitrogen and oxygen atoms in total. The van der Waals surface area contributed by atoms with E-state index in [1.807, 2.05) is 30.3 Å². The number of thioether (sulfide) groups is 2. The van der Waals surface area contributed by atoms with Gasteiger partial charge in [-0.15, -0.1) is 23.5 Å². The Morgan fingerprint density at radius 2 is 1.11 bits per heavy atom. The molecule has 2 N–H and O–H groups in total. The minimum atomic E-state index is -0.856. The first-order valence-corrected chi connectivity index (χ1v) is 22.1. The summed E-state index contributed by atoms with van der Waals surface area (Å²) in [5.41, 5.74) is 1.64. The number of methoxy groups -OCH3 is 2. The van der Waals surface area contributed by atoms with Crippen LogP contribution in [-0.2, 0) is 51.1 Å². The number of nitrogens with zero attached hydrogens (tertiary/aromatic N) is 2. The summed E-state index contributed by atoms with van der Waals surface area (Å²) in [4.78, 5) is 85.4. The molecule has 0 radical (unpaired) electrons. The van der Waals surface area contributed by atoms with Gasteiger partial charge in [-0.3, -0.25) is 19.2 Å². The van der Waals surface area contributed by atoms with Gasteiger partial charge in [0.15, 0.2) is 0 Å². The maximum atomic E-state index is 14.3. The molecule has 4 amide bonds. The number of hydrogen-bond donors (Lipinski definition) is 2. The van der Waals surface area contributed by atoms with E-state index in [0.29, 0.717) is 43.6 Å². The van der Waals surface area contributed by atoms with Crippen molar-refractivity contribution in [3.05, 3.63) is 71.5 Å². The third-order valence-corrected chi connectivity index (χ3v) is 14.2. The van der Waals surface area contributed by atoms with E-state index in [2.05, 4.69) is 10.6 Å². The van der Waals surface area contributed by atoms with E-state index in [4.69, 9.17) is 9.47 Å². The Bertz CT molecular complexity index is 1750. The molecule has 0 saturated carbocycles. The van der Waals surface area contributed by atoms with E-state index in [-0.39, 0.29) is 53.6 Å². The molecule has 1 unspecified atom stereocenters. The molecule has 0 aliphatic carbocycles. The zero-order valence-electron chi connectivity index (χ0n) is 32.6. The molecule has 0 bridgehead atoms. The number of halogens is 1. The van der Waals surface area contributed by atoms with Gasteiger partial charge in [0.05, 0.1) is 25.0 Å². The molecule has 0 aromatic heterocycles. The predicted octanol–water partition coefficient (Wildman–Crippen LogP) is 4.63. The van der Waals surface area contributed by atoms with Gasteiger partial charge in [0.2, 0.25) is 23.6 Å². The fraction of sp³-hybridized carbons (Fsp3) is 0.571. The van der Waals surface area contributed by atoms with E-state index in [0.717, 1.165) is 36.8 Å². The topological polar surface area (TPSA) is 151 Å². The summed E-state index contributed by atoms with van der Waals surface area (Å²) in [6.45, 7) is 0. The van der Waals surface area contributed by atoms with Gasteiger partial charge in [0, 0.05) is 11.8 Å². The second kappa shape index (κ2) is 20.0. The predicted molar refractivity (Wildman–Crippen MR) is 215 cm³/mol. The number of nitrogens with one attached hydrogen (secondary N) is 2. The van der Waals surface area contributed by atoms with Crippen molar-refractivity contribution < 1.29 is 42.6 Å². The van der Waals surface area contributed by atoms with Gasteiger partial charge in [0.25, 0.3) is 0 Å². The number of esters is 2. The van der Waals surface area contributed by atoms with E-state index in [1.54, 1.807) is 45.5 Å². The number of piperidine rings is 2. The van der Waals surface area contributed by atoms with Crippen LogP contribution in [0.15, 0.2) is 54.6 Å². The highest BCUT2D eigenvalue weighted by atomic mass is 32.2. The summed E-state index contributed by atoms with van der Waals surface area (Å²) < 4.78 is 24.0. The molecule has 4 saturated heterocycles. The molecule has 4 fully saturated rings. The lowest BCUT2D eigenvalue weighted by molar-refractivity contribution is -0.156. The lowest BCUT2D eigenvalue weighted by atomic mass is 9.86. The number of benzene rings is 2. The standard InChI is InChI=1S/C42H53FN4O8S2/c1-54-41(52)33-10-6-12-35-46(33)39(50)31(20-22-56-35)44-37(48)28(24-26-8-4-3-5-9-26)16-17-29(25-27-14-18-30(43)19-15-27)38(49)45-32-21-23-57-36-13-7-11-34(42(53)55-2)47(36)40(32)51/h3-5,8-9,14-15,18-19,28-29,31-36H,6-7,10-13,16-17,20-25H2,1-2H3,(H,44,48)(H,45,49)/t28-,29-,31+,32?,33+,34+,35+,36+/m1/s1. The third kappa shape index (κ3) is 10.5. The number of rotatable bonds is 13. The van der Waals surface area contributed by atoms with Crippen molar-refractivity contribution >= 4 is 59.1 Å². The summed E-state index contributed by atoms with van der Waals surface area (Å²) in [5, 5.41) is 5.70. The van der Waals surface area contributed by atoms with Crippen LogP contribution in [0.2, 0.25) is 0 Å². The lowest BCUT2D eigenvalue weighted by Gasteiger charge is -2.40. The molecular weight excluding hydrogens is 772 g/mol. The fourth-order valence-electron chi connectivity index (χ4n) is 8.54. The first kappa shape index (κ1) is 42.5. The maximum Gasteiger partial charge on any atom is 0.328 e. The average molecular weight is 825 g/mol. The van der Waals surface area contributed by atoms with Crippen molar-refractivity contribution in [3.8, 4) is 0 Å². The largest absolute Gasteiger partial charge is 0.467 e. The Morgan fingerprint density at radius 1 is 0.667 bits per heavy atom. The highest BCUT2D eigenvalue weighted by Gasteiger charge is 2.45. The number of amides is 4. The minimum Gasteiger partial charge on any atom is -0.467 e. The van der Waals surface area contributed by atoms with E-state index < -0.39 is 53.8 Å². The van der Waals surface area contributed by atoms with Gasteiger partial charge in [-0.05, 0) is 112 Å². The molecule has 0 spiro atoms. The van der Waals surface area contributed by atoms with Crippen molar-refractivity contribution in [3.63, 3.8) is 0 Å². The molecule has 8 atom stereocenters. The maximum absolute atomic E-state index is 14.3. The monoisotopic (exact) mass is 824 g/mol. The van der Waals surface area contributed by atoms with Gasteiger partial charge < -0.3 is 29.9 Å². The Kier molecular flexibility index (Phi) is 14.9. The number of fused-ring (bicyclic) bond motifs is 2. The molecule has 15 heteroatoms. The molecule has 2 aromatic carbocycles. The number of ether oxygens (including phenoxy) is 2. The van der Waals surface area contributed by atoms with Gasteiger partial charge >= 0.3 is 11.9 Å². The molecule has 4 heterocycles. The third-order valence-electron chi connectivity index (χ3n) is 11.6. The van der Waals surface area contributed by atoms with Crippen molar-refractivity contribution in [1.82, 2.24) is 20.4 Å². The van der Waals surface area contributed by atoms with Gasteiger partial charge in [-0.1, -0.05) is 42.5 Å². The highest BCUT2D eigenvalue weighted by molar-refractivity contribution is 8.00. The van der Waals surface area contributed by atoms with Crippen molar-refractivity contribution in [2.75, 3.05) is 25.7 Å². The number of hydrogen-bond acceptors (Lipinski definition) is 10. The summed E-state index contributed by atoms with van der Waals surface area (Å²) in [6.07, 6.45) is 6.01. The van der Waals surface area contributed by atoms with Crippen LogP contribution in [0.4, 0.5) is 4.39 Å². The Balaban J connectivity index is 1.21. The van der Waals surface area contributed by atoms with Crippen LogP contribution in [0.25, 0.3) is 0 Å². The zero-order valence-corrected chi connectivity index (χ0v) is 34.2. The van der Waals surface area contributed by atoms with E-state index in [1.165, 1.54) is 26.4 Å². The summed E-state index contributed by atoms with van der Waals surface area (Å²) in [6, 6.07) is 12.4. The Labute approximate surface area is 342 Å². The minimum absolute atomic E-state index is 0.172. The number of carbonyl (C=O) groups is 6. The Hall–Kier alpha value is -4.11. The van der Waals surface area contributed by atoms with Crippen molar-refractivity contribution in [2.24, 2.45) is 11.8 Å². The summed E-state index contributed by atoms with van der Waals surface area (Å²) in [7, 11) is 2.63. The lowest BCUT2D eigenvalue weighted by Crippen LogP contribution is -2.58. The average Bonchev–Trinajstić information content (AvgIpc) is 3.49. The SMILES string of the molecule is COC(=O)[C@@H]1CCC[C@@H]2SCCC(NC(=O)[C@H](CC[C@H](Cc3ccccc3)C(=O)N[C@H]3CCS[C@H]4CCC[C@@H](C(=O)OC)N4C3=O)Cc3ccc(F)cc3)C(=O)N21. The molecule has 4 aliphatic heterocycles. The molecule has 57 heavy (non-hydrogen) atoms. The molecule has 6 rings (SSSR count). The highest BCUT2D eigenvalue weighted by Crippen LogP contribution is 2.36. The molecule has 4 aliphatic rings. The Morgan fingerprint density at radius 3 is 1.54 bits per heavy atom. The normalized spacial score (nSPS) is 26.1. The van der Waals surface area contributed by atoms with E-state index in [9.17, 15) is 33.2 Å². The van der Waals surface area contributed by atoms with Crippen LogP contribution < -0.4 is 10.6 Å². The van der Waals surface area contributed by atoms with Gasteiger partial charge in [-0.25, -0.2) is 14.0 Å². The van der Waals surface area contributed by atoms with Crippen LogP contribution in [0.5, 0.6) is 0 Å². The second-order valence-corrected chi connectivity index (χ2v) is 17.8. The zero-order chi connectivity index (χ0) is 40.5. The first-order valence-electron chi connectivity index (χ1n) is 20.0. The van der Waals surface area contributed by atoms with Crippen molar-refractivity contribution in [2.45, 2.75) is 112 Å². The molecular formula is C42H53FN4O8S2. The van der Waals surface area contributed by atoms with E-state index >= 15 is 0 Å². The van der Waals surface area contributed by atoms with Gasteiger partial charge in [0.1, 0.15) is 30.0 Å². The number of carbonyl (C=O) groups excluding carboxylic acids is 6. The van der Waals surface area contributed by atoms with Crippen LogP contribution >= 0.6 is 23.5 Å². The summed E-state index contributed by atoms with van der Waals surface area (Å²) >= 11 is 3.22. The van der Waals surface area contributed by atoms with Crippen LogP contribution in [0.1, 0.15) is 75.3 Å². The summed E-state index contributed by atoms with van der Waals surface area (Å²) in [5.74, 6) is -2.71. The molecule has 2 aromatic rings. The van der Waals surface area contributed by atoms with Crippen LogP contribution in [-0.4, -0.2) is 106 Å². The second-order valence-electron chi connectivity index (χ2n) is 15.3. The quantitative estimate of drug-likeness (QED) is 0.274. The smallest absolute Gasteiger partial charge is 0.328 e. The van der Waals surface area contributed by atoms with Crippen molar-refractivity contribution in [1.29, 1.82) is 0 Å². The van der Waals surface area contributed by atoms with Crippen LogP contribution in [0, 0.1) is 17.7 Å².